The molecule has 2 fully saturated rings. The molecule has 2 aliphatic rings. The Balaban J connectivity index is 1.96. The number of rotatable bonds is 3. The zero-order valence-corrected chi connectivity index (χ0v) is 12.7. The topological polar surface area (TPSA) is 49.4 Å². The van der Waals surface area contributed by atoms with Gasteiger partial charge in [0, 0.05) is 19.1 Å². The van der Waals surface area contributed by atoms with Crippen LogP contribution in [0.25, 0.3) is 0 Å². The molecule has 4 heteroatoms. The molecule has 0 aromatic heterocycles. The normalized spacial score (nSPS) is 32.1. The fourth-order valence-corrected chi connectivity index (χ4v) is 3.76. The molecule has 1 aromatic carbocycles. The van der Waals surface area contributed by atoms with Gasteiger partial charge in [-0.1, -0.05) is 44.2 Å². The van der Waals surface area contributed by atoms with Crippen LogP contribution in [0, 0.1) is 17.8 Å². The third-order valence-electron chi connectivity index (χ3n) is 4.69. The van der Waals surface area contributed by atoms with Crippen molar-refractivity contribution < 1.29 is 9.59 Å². The van der Waals surface area contributed by atoms with E-state index in [-0.39, 0.29) is 35.7 Å². The van der Waals surface area contributed by atoms with Gasteiger partial charge in [0.05, 0.1) is 11.8 Å². The maximum Gasteiger partial charge on any atom is 0.234 e. The molecule has 4 atom stereocenters. The largest absolute Gasteiger partial charge is 0.306 e. The quantitative estimate of drug-likeness (QED) is 0.864. The lowest BCUT2D eigenvalue weighted by atomic mass is 9.84. The van der Waals surface area contributed by atoms with Gasteiger partial charge in [-0.2, -0.15) is 0 Å². The first-order valence-electron chi connectivity index (χ1n) is 7.63. The van der Waals surface area contributed by atoms with E-state index >= 15 is 0 Å². The van der Waals surface area contributed by atoms with Gasteiger partial charge >= 0.3 is 0 Å². The molecule has 1 N–H and O–H groups in total. The number of imide groups is 1. The summed E-state index contributed by atoms with van der Waals surface area (Å²) in [6, 6.07) is 10.0. The van der Waals surface area contributed by atoms with Gasteiger partial charge in [-0.05, 0) is 17.9 Å². The van der Waals surface area contributed by atoms with Crippen LogP contribution < -0.4 is 5.32 Å². The number of nitrogens with one attached hydrogen (secondary N) is 1. The Morgan fingerprint density at radius 3 is 2.33 bits per heavy atom. The molecule has 0 saturated carbocycles. The number of benzene rings is 1. The second-order valence-electron chi connectivity index (χ2n) is 6.58. The highest BCUT2D eigenvalue weighted by Gasteiger charge is 2.57. The molecule has 2 aliphatic heterocycles. The van der Waals surface area contributed by atoms with Crippen molar-refractivity contribution in [3.05, 3.63) is 35.9 Å². The Hall–Kier alpha value is -1.68. The van der Waals surface area contributed by atoms with Crippen LogP contribution in [0.2, 0.25) is 0 Å². The lowest BCUT2D eigenvalue weighted by molar-refractivity contribution is -0.139. The number of amides is 2. The van der Waals surface area contributed by atoms with E-state index in [9.17, 15) is 9.59 Å². The molecule has 0 aliphatic carbocycles. The van der Waals surface area contributed by atoms with Crippen molar-refractivity contribution in [1.82, 2.24) is 10.2 Å². The van der Waals surface area contributed by atoms with Crippen LogP contribution in [0.15, 0.2) is 30.3 Å². The van der Waals surface area contributed by atoms with E-state index in [4.69, 9.17) is 0 Å². The fourth-order valence-electron chi connectivity index (χ4n) is 3.76. The Morgan fingerprint density at radius 2 is 1.71 bits per heavy atom. The lowest BCUT2D eigenvalue weighted by Gasteiger charge is -2.21. The molecule has 0 bridgehead atoms. The van der Waals surface area contributed by atoms with Gasteiger partial charge in [0.15, 0.2) is 0 Å². The average Bonchev–Trinajstić information content (AvgIpc) is 2.93. The van der Waals surface area contributed by atoms with E-state index in [0.717, 1.165) is 12.0 Å². The van der Waals surface area contributed by atoms with Gasteiger partial charge in [0.2, 0.25) is 11.8 Å². The van der Waals surface area contributed by atoms with Crippen LogP contribution >= 0.6 is 0 Å². The number of fused-ring (bicyclic) bond motifs is 1. The second kappa shape index (κ2) is 5.26. The highest BCUT2D eigenvalue weighted by Crippen LogP contribution is 2.44. The predicted molar refractivity (Wildman–Crippen MR) is 80.3 cm³/mol. The summed E-state index contributed by atoms with van der Waals surface area (Å²) in [4.78, 5) is 26.2. The third-order valence-corrected chi connectivity index (χ3v) is 4.69. The summed E-state index contributed by atoms with van der Waals surface area (Å²) in [5.74, 6) is -0.0468. The number of nitrogens with zero attached hydrogens (tertiary/aromatic N) is 1. The molecule has 2 amide bonds. The van der Waals surface area contributed by atoms with E-state index < -0.39 is 0 Å². The molecule has 0 unspecified atom stereocenters. The summed E-state index contributed by atoms with van der Waals surface area (Å²) in [7, 11) is 1.61. The first-order valence-corrected chi connectivity index (χ1v) is 7.63. The minimum absolute atomic E-state index is 0.0263. The van der Waals surface area contributed by atoms with Crippen LogP contribution in [-0.4, -0.2) is 29.8 Å². The summed E-state index contributed by atoms with van der Waals surface area (Å²) < 4.78 is 0. The SMILES string of the molecule is CC(C)C[C@H]1N[C@@H](c2ccccc2)[C@H]2C(=O)N(C)C(=O)[C@H]21. The molecular formula is C17H22N2O2. The standard InChI is InChI=1S/C17H22N2O2/c1-10(2)9-12-13-14(17(21)19(3)16(13)20)15(18-12)11-7-5-4-6-8-11/h4-8,10,12-15,18H,9H2,1-3H3/t12-,13+,14+,15+/m1/s1. The number of hydrogen-bond acceptors (Lipinski definition) is 3. The van der Waals surface area contributed by atoms with Gasteiger partial charge in [0.1, 0.15) is 0 Å². The monoisotopic (exact) mass is 286 g/mol. The molecule has 112 valence electrons. The van der Waals surface area contributed by atoms with E-state index in [1.54, 1.807) is 7.05 Å². The minimum atomic E-state index is -0.256. The van der Waals surface area contributed by atoms with E-state index in [1.165, 1.54) is 4.90 Å². The molecule has 3 rings (SSSR count). The molecular weight excluding hydrogens is 264 g/mol. The van der Waals surface area contributed by atoms with Crippen molar-refractivity contribution >= 4 is 11.8 Å². The number of hydrogen-bond donors (Lipinski definition) is 1. The summed E-state index contributed by atoms with van der Waals surface area (Å²) >= 11 is 0. The molecule has 21 heavy (non-hydrogen) atoms. The Labute approximate surface area is 125 Å². The minimum Gasteiger partial charge on any atom is -0.306 e. The lowest BCUT2D eigenvalue weighted by Crippen LogP contribution is -2.38. The molecule has 2 heterocycles. The van der Waals surface area contributed by atoms with Crippen molar-refractivity contribution in [1.29, 1.82) is 0 Å². The summed E-state index contributed by atoms with van der Waals surface area (Å²) in [6.07, 6.45) is 0.914. The fraction of sp³-hybridized carbons (Fsp3) is 0.529. The number of carbonyl (C=O) groups excluding carboxylic acids is 2. The second-order valence-corrected chi connectivity index (χ2v) is 6.58. The molecule has 0 radical (unpaired) electrons. The van der Waals surface area contributed by atoms with Gasteiger partial charge in [-0.25, -0.2) is 0 Å². The van der Waals surface area contributed by atoms with Crippen molar-refractivity contribution in [2.45, 2.75) is 32.4 Å². The van der Waals surface area contributed by atoms with E-state index in [2.05, 4.69) is 19.2 Å². The zero-order chi connectivity index (χ0) is 15.1. The van der Waals surface area contributed by atoms with Crippen molar-refractivity contribution in [2.24, 2.45) is 17.8 Å². The Morgan fingerprint density at radius 1 is 1.10 bits per heavy atom. The number of likely N-dealkylation sites (tertiary alicyclic amines) is 1. The van der Waals surface area contributed by atoms with Gasteiger partial charge in [-0.3, -0.25) is 14.5 Å². The third kappa shape index (κ3) is 2.27. The predicted octanol–water partition coefficient (Wildman–Crippen LogP) is 1.98. The smallest absolute Gasteiger partial charge is 0.234 e. The van der Waals surface area contributed by atoms with Gasteiger partial charge in [0.25, 0.3) is 0 Å². The van der Waals surface area contributed by atoms with Crippen LogP contribution in [0.5, 0.6) is 0 Å². The van der Waals surface area contributed by atoms with Crippen molar-refractivity contribution in [2.75, 3.05) is 7.05 Å². The maximum atomic E-state index is 12.5. The maximum absolute atomic E-state index is 12.5. The van der Waals surface area contributed by atoms with E-state index in [1.807, 2.05) is 30.3 Å². The van der Waals surface area contributed by atoms with Crippen LogP contribution in [0.1, 0.15) is 31.9 Å². The highest BCUT2D eigenvalue weighted by atomic mass is 16.2. The van der Waals surface area contributed by atoms with E-state index in [0.29, 0.717) is 5.92 Å². The van der Waals surface area contributed by atoms with Crippen LogP contribution in [0.4, 0.5) is 0 Å². The molecule has 4 nitrogen and oxygen atoms in total. The highest BCUT2D eigenvalue weighted by molar-refractivity contribution is 6.06. The van der Waals surface area contributed by atoms with Gasteiger partial charge in [-0.15, -0.1) is 0 Å². The molecule has 0 spiro atoms. The average molecular weight is 286 g/mol. The molecule has 2 saturated heterocycles. The Kier molecular flexibility index (Phi) is 3.57. The Bertz CT molecular complexity index is 555. The summed E-state index contributed by atoms with van der Waals surface area (Å²) in [6.45, 7) is 4.30. The summed E-state index contributed by atoms with van der Waals surface area (Å²) in [5.41, 5.74) is 1.09. The van der Waals surface area contributed by atoms with Crippen LogP contribution in [-0.2, 0) is 9.59 Å². The summed E-state index contributed by atoms with van der Waals surface area (Å²) in [5, 5.41) is 3.55. The molecule has 1 aromatic rings. The van der Waals surface area contributed by atoms with Gasteiger partial charge < -0.3 is 5.32 Å². The first-order chi connectivity index (χ1) is 10.0. The van der Waals surface area contributed by atoms with Crippen molar-refractivity contribution in [3.8, 4) is 0 Å². The van der Waals surface area contributed by atoms with Crippen molar-refractivity contribution in [3.63, 3.8) is 0 Å². The number of carbonyl (C=O) groups is 2. The first kappa shape index (κ1) is 14.3. The van der Waals surface area contributed by atoms with Crippen LogP contribution in [0.3, 0.4) is 0 Å². The zero-order valence-electron chi connectivity index (χ0n) is 12.7.